The number of urea groups is 1. The molecule has 1 aromatic heterocycles. The van der Waals surface area contributed by atoms with Crippen molar-refractivity contribution >= 4 is 17.6 Å². The Morgan fingerprint density at radius 3 is 2.45 bits per heavy atom. The van der Waals surface area contributed by atoms with Crippen molar-refractivity contribution in [1.29, 1.82) is 0 Å². The molecule has 2 saturated heterocycles. The lowest BCUT2D eigenvalue weighted by Gasteiger charge is -2.33. The largest absolute Gasteiger partial charge is 0.390 e. The Morgan fingerprint density at radius 2 is 1.74 bits per heavy atom. The van der Waals surface area contributed by atoms with Crippen molar-refractivity contribution < 1.29 is 14.7 Å². The van der Waals surface area contributed by atoms with Crippen molar-refractivity contribution in [3.8, 4) is 0 Å². The monoisotopic (exact) mass is 520 g/mol. The number of aromatic nitrogens is 1. The number of benzene rings is 1. The maximum atomic E-state index is 13.0. The number of aliphatic hydroxyl groups excluding tert-OH is 1. The molecule has 4 heterocycles. The Bertz CT molecular complexity index is 1120. The minimum atomic E-state index is -0.571. The van der Waals surface area contributed by atoms with Crippen LogP contribution in [-0.2, 0) is 24.3 Å². The molecular formula is C29H40N6O3. The van der Waals surface area contributed by atoms with Crippen molar-refractivity contribution in [3.63, 3.8) is 0 Å². The second-order valence-electron chi connectivity index (χ2n) is 11.1. The second kappa shape index (κ2) is 11.7. The highest BCUT2D eigenvalue weighted by Gasteiger charge is 2.31. The van der Waals surface area contributed by atoms with E-state index in [4.69, 9.17) is 0 Å². The lowest BCUT2D eigenvalue weighted by atomic mass is 9.95. The molecule has 204 valence electrons. The van der Waals surface area contributed by atoms with Gasteiger partial charge >= 0.3 is 6.03 Å². The third kappa shape index (κ3) is 6.10. The number of nitrogens with zero attached hydrogens (tertiary/aromatic N) is 6. The summed E-state index contributed by atoms with van der Waals surface area (Å²) in [6.07, 6.45) is 4.02. The molecule has 1 atom stereocenters. The Balaban J connectivity index is 1.07. The van der Waals surface area contributed by atoms with E-state index < -0.39 is 6.10 Å². The Hall–Kier alpha value is -3.17. The molecule has 0 unspecified atom stereocenters. The summed E-state index contributed by atoms with van der Waals surface area (Å²) in [5.74, 6) is 0.319. The highest BCUT2D eigenvalue weighted by atomic mass is 16.3. The minimum Gasteiger partial charge on any atom is -0.390 e. The highest BCUT2D eigenvalue weighted by Crippen LogP contribution is 2.24. The molecule has 3 aliphatic heterocycles. The summed E-state index contributed by atoms with van der Waals surface area (Å²) in [4.78, 5) is 39.7. The van der Waals surface area contributed by atoms with E-state index in [0.29, 0.717) is 32.7 Å². The van der Waals surface area contributed by atoms with Crippen LogP contribution in [0, 0.1) is 5.92 Å². The summed E-state index contributed by atoms with van der Waals surface area (Å²) in [5.41, 5.74) is 4.64. The van der Waals surface area contributed by atoms with Crippen LogP contribution in [0.1, 0.15) is 29.7 Å². The van der Waals surface area contributed by atoms with Gasteiger partial charge in [-0.25, -0.2) is 4.79 Å². The summed E-state index contributed by atoms with van der Waals surface area (Å²) in [6, 6.07) is 12.5. The van der Waals surface area contributed by atoms with Gasteiger partial charge < -0.3 is 24.7 Å². The molecule has 2 fully saturated rings. The lowest BCUT2D eigenvalue weighted by molar-refractivity contribution is -0.133. The van der Waals surface area contributed by atoms with E-state index in [1.165, 1.54) is 11.1 Å². The van der Waals surface area contributed by atoms with E-state index >= 15 is 0 Å². The van der Waals surface area contributed by atoms with E-state index in [2.05, 4.69) is 45.1 Å². The van der Waals surface area contributed by atoms with Gasteiger partial charge in [-0.2, -0.15) is 0 Å². The lowest BCUT2D eigenvalue weighted by Crippen LogP contribution is -2.43. The van der Waals surface area contributed by atoms with Crippen LogP contribution in [0.3, 0.4) is 0 Å². The van der Waals surface area contributed by atoms with Gasteiger partial charge in [0, 0.05) is 72.4 Å². The third-order valence-electron chi connectivity index (χ3n) is 8.10. The van der Waals surface area contributed by atoms with Crippen molar-refractivity contribution in [2.45, 2.75) is 38.5 Å². The van der Waals surface area contributed by atoms with Crippen LogP contribution in [0.4, 0.5) is 10.5 Å². The molecule has 0 aliphatic carbocycles. The molecule has 9 heteroatoms. The third-order valence-corrected chi connectivity index (χ3v) is 8.10. The van der Waals surface area contributed by atoms with Gasteiger partial charge in [0.25, 0.3) is 0 Å². The van der Waals surface area contributed by atoms with E-state index in [1.807, 2.05) is 31.3 Å². The molecular weight excluding hydrogens is 480 g/mol. The Kier molecular flexibility index (Phi) is 8.14. The van der Waals surface area contributed by atoms with Gasteiger partial charge in [-0.1, -0.05) is 24.3 Å². The summed E-state index contributed by atoms with van der Waals surface area (Å²) >= 11 is 0. The number of anilines is 1. The average molecular weight is 521 g/mol. The topological polar surface area (TPSA) is 83.5 Å². The maximum absolute atomic E-state index is 13.0. The zero-order chi connectivity index (χ0) is 26.6. The van der Waals surface area contributed by atoms with Gasteiger partial charge in [-0.05, 0) is 42.5 Å². The number of amides is 3. The molecule has 0 spiro atoms. The fourth-order valence-corrected chi connectivity index (χ4v) is 5.91. The Labute approximate surface area is 225 Å². The zero-order valence-electron chi connectivity index (χ0n) is 22.6. The van der Waals surface area contributed by atoms with Gasteiger partial charge in [0.15, 0.2) is 0 Å². The molecule has 1 aromatic carbocycles. The number of pyridine rings is 1. The minimum absolute atomic E-state index is 0.0356. The van der Waals surface area contributed by atoms with Crippen LogP contribution >= 0.6 is 0 Å². The number of fused-ring (bicyclic) bond motifs is 1. The predicted molar refractivity (Wildman–Crippen MR) is 147 cm³/mol. The average Bonchev–Trinajstić information content (AvgIpc) is 3.26. The van der Waals surface area contributed by atoms with Crippen LogP contribution < -0.4 is 4.90 Å². The molecule has 38 heavy (non-hydrogen) atoms. The standard InChI is InChI=1S/C29H40N6O3/c1-31(2)28(37)23-10-13-33(14-11-23)26-8-7-25(30-17-26)19-34-15-16-35(29(34)38)21-27(36)20-32-12-9-22-5-3-4-6-24(22)18-32/h3-8,17,23,27,36H,9-16,18-21H2,1-2H3/t27-/m1/s1. The van der Waals surface area contributed by atoms with E-state index in [1.54, 1.807) is 9.80 Å². The molecule has 0 bridgehead atoms. The van der Waals surface area contributed by atoms with E-state index in [0.717, 1.165) is 56.8 Å². The quantitative estimate of drug-likeness (QED) is 0.574. The fraction of sp³-hybridized carbons (Fsp3) is 0.552. The number of piperidine rings is 1. The summed E-state index contributed by atoms with van der Waals surface area (Å²) in [7, 11) is 3.64. The van der Waals surface area contributed by atoms with E-state index in [-0.39, 0.29) is 17.9 Å². The second-order valence-corrected chi connectivity index (χ2v) is 11.1. The molecule has 9 nitrogen and oxygen atoms in total. The first-order chi connectivity index (χ1) is 18.4. The Morgan fingerprint density at radius 1 is 1.00 bits per heavy atom. The van der Waals surface area contributed by atoms with Gasteiger partial charge in [-0.3, -0.25) is 14.7 Å². The smallest absolute Gasteiger partial charge is 0.320 e. The van der Waals surface area contributed by atoms with Crippen LogP contribution in [0.15, 0.2) is 42.6 Å². The molecule has 3 amide bonds. The summed E-state index contributed by atoms with van der Waals surface area (Å²) < 4.78 is 0. The predicted octanol–water partition coefficient (Wildman–Crippen LogP) is 2.04. The number of carbonyl (C=O) groups excluding carboxylic acids is 2. The normalized spacial score (nSPS) is 19.6. The first-order valence-electron chi connectivity index (χ1n) is 13.8. The summed E-state index contributed by atoms with van der Waals surface area (Å²) in [5, 5.41) is 10.7. The number of hydrogen-bond acceptors (Lipinski definition) is 6. The van der Waals surface area contributed by atoms with Crippen molar-refractivity contribution in [3.05, 3.63) is 59.4 Å². The SMILES string of the molecule is CN(C)C(=O)C1CCN(c2ccc(CN3CCN(C[C@H](O)CN4CCc5ccccc5C4)C3=O)nc2)CC1. The number of β-amino-alcohol motifs (C(OH)–C–C–N with tert-alkyl or cyclic N) is 1. The molecule has 0 radical (unpaired) electrons. The number of carbonyl (C=O) groups is 2. The van der Waals surface area contributed by atoms with Crippen molar-refractivity contribution in [2.75, 3.05) is 64.8 Å². The van der Waals surface area contributed by atoms with Crippen molar-refractivity contribution in [1.82, 2.24) is 24.6 Å². The number of aliphatic hydroxyl groups is 1. The van der Waals surface area contributed by atoms with Crippen molar-refractivity contribution in [2.24, 2.45) is 5.92 Å². The van der Waals surface area contributed by atoms with Crippen LogP contribution in [0.25, 0.3) is 0 Å². The zero-order valence-corrected chi connectivity index (χ0v) is 22.6. The number of hydrogen-bond donors (Lipinski definition) is 1. The van der Waals surface area contributed by atoms with Crippen LogP contribution in [-0.4, -0.2) is 108 Å². The molecule has 3 aliphatic rings. The first-order valence-corrected chi connectivity index (χ1v) is 13.8. The first kappa shape index (κ1) is 26.4. The number of rotatable bonds is 8. The maximum Gasteiger partial charge on any atom is 0.320 e. The van der Waals surface area contributed by atoms with Gasteiger partial charge in [-0.15, -0.1) is 0 Å². The van der Waals surface area contributed by atoms with Gasteiger partial charge in [0.2, 0.25) is 5.91 Å². The highest BCUT2D eigenvalue weighted by molar-refractivity contribution is 5.78. The van der Waals surface area contributed by atoms with Gasteiger partial charge in [0.05, 0.1) is 30.2 Å². The summed E-state index contributed by atoms with van der Waals surface area (Å²) in [6.45, 7) is 6.12. The molecule has 5 rings (SSSR count). The van der Waals surface area contributed by atoms with Gasteiger partial charge in [0.1, 0.15) is 0 Å². The van der Waals surface area contributed by atoms with Crippen LogP contribution in [0.5, 0.6) is 0 Å². The molecule has 2 aromatic rings. The fourth-order valence-electron chi connectivity index (χ4n) is 5.91. The molecule has 1 N–H and O–H groups in total. The van der Waals surface area contributed by atoms with Crippen LogP contribution in [0.2, 0.25) is 0 Å². The van der Waals surface area contributed by atoms with E-state index in [9.17, 15) is 14.7 Å². The molecule has 0 saturated carbocycles.